The van der Waals surface area contributed by atoms with Crippen LogP contribution in [0.3, 0.4) is 0 Å². The van der Waals surface area contributed by atoms with Gasteiger partial charge in [0.15, 0.2) is 29.7 Å². The maximum absolute atomic E-state index is 15.0. The van der Waals surface area contributed by atoms with Gasteiger partial charge in [-0.1, -0.05) is 23.4 Å². The van der Waals surface area contributed by atoms with E-state index in [0.29, 0.717) is 23.9 Å². The van der Waals surface area contributed by atoms with E-state index in [-0.39, 0.29) is 21.0 Å². The highest BCUT2D eigenvalue weighted by atomic mass is 35.5. The third-order valence-corrected chi connectivity index (χ3v) is 7.50. The number of benzene rings is 2. The van der Waals surface area contributed by atoms with E-state index in [2.05, 4.69) is 0 Å². The Hall–Kier alpha value is -4.04. The van der Waals surface area contributed by atoms with Gasteiger partial charge in [-0.2, -0.15) is 5.26 Å². The third-order valence-electron chi connectivity index (χ3n) is 6.01. The first-order chi connectivity index (χ1) is 20.6. The standard InChI is InChI=1S/C27H25ClF4N4O7S/c1-11(37)40-10-21-25(41-12(2)38)24(36(35)9-20(34)14-4-18(30)23(32)19(31)5-14)26(42-13(3)39)27(43-21)44-22-7-16(28)15(8-33)6-17(22)29/h4-7,9,21,24-27H,10,34-35H2,1-3H3/b20-9-. The number of halogens is 5. The summed E-state index contributed by atoms with van der Waals surface area (Å²) in [6, 6.07) is 3.53. The van der Waals surface area contributed by atoms with E-state index in [0.717, 1.165) is 44.1 Å². The molecule has 5 unspecified atom stereocenters. The third kappa shape index (κ3) is 8.32. The fourth-order valence-corrected chi connectivity index (χ4v) is 5.62. The van der Waals surface area contributed by atoms with Crippen molar-refractivity contribution in [3.8, 4) is 6.07 Å². The van der Waals surface area contributed by atoms with E-state index in [1.807, 2.05) is 0 Å². The second-order valence-corrected chi connectivity index (χ2v) is 10.8. The molecule has 1 aliphatic rings. The van der Waals surface area contributed by atoms with Crippen molar-refractivity contribution in [1.29, 1.82) is 5.26 Å². The van der Waals surface area contributed by atoms with Gasteiger partial charge in [-0.25, -0.2) is 23.4 Å². The Balaban J connectivity index is 2.16. The molecule has 2 aromatic carbocycles. The zero-order valence-corrected chi connectivity index (χ0v) is 24.8. The van der Waals surface area contributed by atoms with Crippen LogP contribution in [0.1, 0.15) is 31.9 Å². The molecule has 0 aromatic heterocycles. The van der Waals surface area contributed by atoms with Crippen LogP contribution in [0.25, 0.3) is 5.70 Å². The first kappa shape index (κ1) is 34.5. The number of rotatable bonds is 9. The maximum atomic E-state index is 15.0. The highest BCUT2D eigenvalue weighted by molar-refractivity contribution is 7.99. The number of nitrogens with zero attached hydrogens (tertiary/aromatic N) is 2. The quantitative estimate of drug-likeness (QED) is 0.100. The summed E-state index contributed by atoms with van der Waals surface area (Å²) in [6.07, 6.45) is -3.33. The number of nitriles is 1. The van der Waals surface area contributed by atoms with Crippen molar-refractivity contribution < 1.29 is 50.9 Å². The molecule has 0 saturated carbocycles. The monoisotopic (exact) mass is 660 g/mol. The summed E-state index contributed by atoms with van der Waals surface area (Å²) < 4.78 is 78.3. The summed E-state index contributed by atoms with van der Waals surface area (Å²) in [5, 5.41) is 9.86. The first-order valence-electron chi connectivity index (χ1n) is 12.5. The molecule has 0 amide bonds. The SMILES string of the molecule is CC(=O)OCC1OC(Sc2cc(Cl)c(C#N)cc2F)C(OC(C)=O)C(N(N)/C=C(\N)c2cc(F)c(F)c(F)c2)C1OC(C)=O. The van der Waals surface area contributed by atoms with Gasteiger partial charge in [0, 0.05) is 37.4 Å². The second-order valence-electron chi connectivity index (χ2n) is 9.26. The number of hydrogen-bond donors (Lipinski definition) is 2. The summed E-state index contributed by atoms with van der Waals surface area (Å²) >= 11 is 6.74. The van der Waals surface area contributed by atoms with Crippen LogP contribution in [0.2, 0.25) is 5.02 Å². The van der Waals surface area contributed by atoms with E-state index >= 15 is 0 Å². The lowest BCUT2D eigenvalue weighted by Gasteiger charge is -2.47. The van der Waals surface area contributed by atoms with Crippen LogP contribution in [0.4, 0.5) is 17.6 Å². The Morgan fingerprint density at radius 3 is 2.16 bits per heavy atom. The summed E-state index contributed by atoms with van der Waals surface area (Å²) in [7, 11) is 0. The lowest BCUT2D eigenvalue weighted by atomic mass is 9.96. The molecule has 0 bridgehead atoms. The minimum absolute atomic E-state index is 0.100. The highest BCUT2D eigenvalue weighted by Crippen LogP contribution is 2.40. The smallest absolute Gasteiger partial charge is 0.303 e. The van der Waals surface area contributed by atoms with Gasteiger partial charge in [0.2, 0.25) is 0 Å². The molecule has 1 aliphatic heterocycles. The van der Waals surface area contributed by atoms with Crippen LogP contribution in [-0.4, -0.2) is 59.3 Å². The summed E-state index contributed by atoms with van der Waals surface area (Å²) in [4.78, 5) is 35.9. The number of esters is 3. The van der Waals surface area contributed by atoms with Crippen LogP contribution in [0.5, 0.6) is 0 Å². The van der Waals surface area contributed by atoms with Crippen LogP contribution >= 0.6 is 23.4 Å². The van der Waals surface area contributed by atoms with Crippen molar-refractivity contribution in [2.75, 3.05) is 6.61 Å². The van der Waals surface area contributed by atoms with E-state index in [4.69, 9.17) is 47.4 Å². The van der Waals surface area contributed by atoms with E-state index in [9.17, 15) is 31.9 Å². The molecule has 236 valence electrons. The Morgan fingerprint density at radius 1 is 1.02 bits per heavy atom. The molecule has 1 heterocycles. The van der Waals surface area contributed by atoms with E-state index in [1.54, 1.807) is 6.07 Å². The molecule has 3 rings (SSSR count). The molecule has 5 atom stereocenters. The lowest BCUT2D eigenvalue weighted by molar-refractivity contribution is -0.215. The minimum Gasteiger partial charge on any atom is -0.463 e. The normalized spacial score (nSPS) is 21.6. The maximum Gasteiger partial charge on any atom is 0.303 e. The van der Waals surface area contributed by atoms with Gasteiger partial charge in [-0.05, 0) is 24.3 Å². The number of hydrazine groups is 1. The molecule has 2 aromatic rings. The number of ether oxygens (including phenoxy) is 4. The predicted octanol–water partition coefficient (Wildman–Crippen LogP) is 3.51. The molecule has 44 heavy (non-hydrogen) atoms. The Kier molecular flexibility index (Phi) is 11.4. The molecule has 11 nitrogen and oxygen atoms in total. The molecule has 0 aliphatic carbocycles. The van der Waals surface area contributed by atoms with Gasteiger partial charge in [-0.3, -0.25) is 14.4 Å². The highest BCUT2D eigenvalue weighted by Gasteiger charge is 2.52. The molecule has 17 heteroatoms. The molecule has 1 fully saturated rings. The number of nitrogens with two attached hydrogens (primary N) is 2. The Labute approximate surface area is 257 Å². The molecular formula is C27H25ClF4N4O7S. The zero-order chi connectivity index (χ0) is 32.9. The molecule has 0 spiro atoms. The van der Waals surface area contributed by atoms with Crippen LogP contribution in [0.15, 0.2) is 35.4 Å². The van der Waals surface area contributed by atoms with Crippen LogP contribution in [0, 0.1) is 34.6 Å². The second kappa shape index (κ2) is 14.6. The van der Waals surface area contributed by atoms with E-state index in [1.165, 1.54) is 0 Å². The number of thioether (sulfide) groups is 1. The molecule has 1 saturated heterocycles. The van der Waals surface area contributed by atoms with Gasteiger partial charge in [0.05, 0.1) is 16.3 Å². The average Bonchev–Trinajstić information content (AvgIpc) is 2.92. The van der Waals surface area contributed by atoms with Crippen molar-refractivity contribution in [3.63, 3.8) is 0 Å². The van der Waals surface area contributed by atoms with E-state index < -0.39 is 83.3 Å². The summed E-state index contributed by atoms with van der Waals surface area (Å²) in [6.45, 7) is 2.66. The fourth-order valence-electron chi connectivity index (χ4n) is 4.19. The Morgan fingerprint density at radius 2 is 1.61 bits per heavy atom. The number of carbonyl (C=O) groups excluding carboxylic acids is 3. The van der Waals surface area contributed by atoms with Crippen molar-refractivity contribution in [3.05, 3.63) is 69.9 Å². The Bertz CT molecular complexity index is 1500. The van der Waals surface area contributed by atoms with Crippen molar-refractivity contribution in [1.82, 2.24) is 5.01 Å². The first-order valence-corrected chi connectivity index (χ1v) is 13.7. The van der Waals surface area contributed by atoms with Crippen molar-refractivity contribution in [2.45, 2.75) is 55.5 Å². The number of hydrogen-bond acceptors (Lipinski definition) is 12. The molecule has 4 N–H and O–H groups in total. The summed E-state index contributed by atoms with van der Waals surface area (Å²) in [5.41, 5.74) is 3.77. The minimum atomic E-state index is -1.73. The van der Waals surface area contributed by atoms with Crippen LogP contribution in [-0.2, 0) is 33.3 Å². The summed E-state index contributed by atoms with van der Waals surface area (Å²) in [5.74, 6) is -1.85. The molecule has 0 radical (unpaired) electrons. The zero-order valence-electron chi connectivity index (χ0n) is 23.2. The van der Waals surface area contributed by atoms with Crippen molar-refractivity contribution >= 4 is 47.0 Å². The average molecular weight is 661 g/mol. The lowest BCUT2D eigenvalue weighted by Crippen LogP contribution is -2.66. The largest absolute Gasteiger partial charge is 0.463 e. The molecular weight excluding hydrogens is 636 g/mol. The van der Waals surface area contributed by atoms with Crippen LogP contribution < -0.4 is 11.6 Å². The van der Waals surface area contributed by atoms with Crippen molar-refractivity contribution in [2.24, 2.45) is 11.6 Å². The van der Waals surface area contributed by atoms with Gasteiger partial charge < -0.3 is 29.7 Å². The number of carbonyl (C=O) groups is 3. The fraction of sp³-hybridized carbons (Fsp3) is 0.333. The van der Waals surface area contributed by atoms with Gasteiger partial charge in [0.1, 0.15) is 36.1 Å². The predicted molar refractivity (Wildman–Crippen MR) is 147 cm³/mol. The topological polar surface area (TPSA) is 167 Å². The van der Waals surface area contributed by atoms with Gasteiger partial charge >= 0.3 is 17.9 Å². The van der Waals surface area contributed by atoms with Gasteiger partial charge in [0.25, 0.3) is 0 Å². The van der Waals surface area contributed by atoms with Gasteiger partial charge in [-0.15, -0.1) is 0 Å².